The molecule has 0 unspecified atom stereocenters. The van der Waals surface area contributed by atoms with Crippen molar-refractivity contribution in [2.75, 3.05) is 38.8 Å². The average Bonchev–Trinajstić information content (AvgIpc) is 2.31. The molecule has 4 nitrogen and oxygen atoms in total. The number of likely N-dealkylation sites (tertiary alicyclic amines) is 1. The van der Waals surface area contributed by atoms with Crippen LogP contribution in [0, 0.1) is 5.92 Å². The van der Waals surface area contributed by atoms with Gasteiger partial charge in [0.05, 0.1) is 11.4 Å². The van der Waals surface area contributed by atoms with Gasteiger partial charge in [-0.3, -0.25) is 4.79 Å². The van der Waals surface area contributed by atoms with Crippen LogP contribution in [0.25, 0.3) is 0 Å². The number of nitrogens with zero attached hydrogens (tertiary/aromatic N) is 1. The van der Waals surface area contributed by atoms with Gasteiger partial charge < -0.3 is 14.7 Å². The second-order valence-corrected chi connectivity index (χ2v) is 5.64. The molecule has 0 spiro atoms. The van der Waals surface area contributed by atoms with Gasteiger partial charge in [-0.2, -0.15) is 11.8 Å². The van der Waals surface area contributed by atoms with E-state index in [-0.39, 0.29) is 11.8 Å². The van der Waals surface area contributed by atoms with E-state index in [1.807, 2.05) is 18.1 Å². The minimum Gasteiger partial charge on any atom is -0.389 e. The van der Waals surface area contributed by atoms with Crippen molar-refractivity contribution >= 4 is 17.7 Å². The third-order valence-electron chi connectivity index (χ3n) is 3.59. The standard InChI is InChI=1S/C12H23NO3S/c1-10-8-13(11(14)9-17-3)6-4-12(10,15)5-7-16-2/h10,15H,4-9H2,1-3H3/t10-,12-/m1/s1. The van der Waals surface area contributed by atoms with E-state index in [9.17, 15) is 9.90 Å². The molecule has 0 aromatic rings. The van der Waals surface area contributed by atoms with Crippen LogP contribution in [-0.4, -0.2) is 60.3 Å². The Morgan fingerprint density at radius 2 is 2.35 bits per heavy atom. The van der Waals surface area contributed by atoms with Crippen molar-refractivity contribution in [3.63, 3.8) is 0 Å². The normalized spacial score (nSPS) is 29.4. The second-order valence-electron chi connectivity index (χ2n) is 4.77. The van der Waals surface area contributed by atoms with Gasteiger partial charge in [0.1, 0.15) is 0 Å². The third-order valence-corrected chi connectivity index (χ3v) is 4.12. The molecule has 1 amide bonds. The van der Waals surface area contributed by atoms with Gasteiger partial charge in [-0.25, -0.2) is 0 Å². The van der Waals surface area contributed by atoms with E-state index in [2.05, 4.69) is 0 Å². The van der Waals surface area contributed by atoms with Crippen LogP contribution >= 0.6 is 11.8 Å². The molecule has 0 aliphatic carbocycles. The van der Waals surface area contributed by atoms with Crippen molar-refractivity contribution in [3.8, 4) is 0 Å². The van der Waals surface area contributed by atoms with E-state index in [4.69, 9.17) is 4.74 Å². The van der Waals surface area contributed by atoms with Gasteiger partial charge in [0.15, 0.2) is 0 Å². The first-order chi connectivity index (χ1) is 8.03. The Hall–Kier alpha value is -0.260. The molecule has 1 N–H and O–H groups in total. The van der Waals surface area contributed by atoms with E-state index in [1.165, 1.54) is 0 Å². The fraction of sp³-hybridized carbons (Fsp3) is 0.917. The minimum atomic E-state index is -0.674. The summed E-state index contributed by atoms with van der Waals surface area (Å²) in [6.45, 7) is 3.89. The van der Waals surface area contributed by atoms with Gasteiger partial charge in [-0.05, 0) is 19.1 Å². The molecule has 0 radical (unpaired) electrons. The van der Waals surface area contributed by atoms with Crippen LogP contribution < -0.4 is 0 Å². The summed E-state index contributed by atoms with van der Waals surface area (Å²) >= 11 is 1.54. The fourth-order valence-corrected chi connectivity index (χ4v) is 2.69. The highest BCUT2D eigenvalue weighted by atomic mass is 32.2. The molecular weight excluding hydrogens is 238 g/mol. The van der Waals surface area contributed by atoms with Crippen molar-refractivity contribution < 1.29 is 14.6 Å². The van der Waals surface area contributed by atoms with Crippen LogP contribution in [0.4, 0.5) is 0 Å². The molecule has 0 aromatic carbocycles. The van der Waals surface area contributed by atoms with Crippen LogP contribution in [0.2, 0.25) is 0 Å². The molecule has 0 aromatic heterocycles. The number of piperidine rings is 1. The topological polar surface area (TPSA) is 49.8 Å². The molecule has 1 heterocycles. The maximum absolute atomic E-state index is 11.8. The van der Waals surface area contributed by atoms with Crippen molar-refractivity contribution in [1.82, 2.24) is 4.90 Å². The van der Waals surface area contributed by atoms with Crippen LogP contribution in [-0.2, 0) is 9.53 Å². The first-order valence-corrected chi connectivity index (χ1v) is 7.41. The molecule has 17 heavy (non-hydrogen) atoms. The number of ether oxygens (including phenoxy) is 1. The molecule has 0 bridgehead atoms. The molecule has 2 atom stereocenters. The van der Waals surface area contributed by atoms with Crippen LogP contribution in [0.15, 0.2) is 0 Å². The second kappa shape index (κ2) is 6.61. The lowest BCUT2D eigenvalue weighted by molar-refractivity contribution is -0.137. The lowest BCUT2D eigenvalue weighted by atomic mass is 9.80. The first kappa shape index (κ1) is 14.8. The van der Waals surface area contributed by atoms with Crippen molar-refractivity contribution in [1.29, 1.82) is 0 Å². The Morgan fingerprint density at radius 3 is 2.88 bits per heavy atom. The number of hydrogen-bond acceptors (Lipinski definition) is 4. The highest BCUT2D eigenvalue weighted by molar-refractivity contribution is 7.99. The molecule has 5 heteroatoms. The van der Waals surface area contributed by atoms with E-state index in [0.717, 1.165) is 0 Å². The first-order valence-electron chi connectivity index (χ1n) is 6.01. The SMILES string of the molecule is COCC[C@]1(O)CCN(C(=O)CSC)C[C@H]1C. The summed E-state index contributed by atoms with van der Waals surface area (Å²) in [5, 5.41) is 10.5. The Bertz CT molecular complexity index is 262. The molecular formula is C12H23NO3S. The van der Waals surface area contributed by atoms with Crippen LogP contribution in [0.5, 0.6) is 0 Å². The van der Waals surface area contributed by atoms with Gasteiger partial charge in [-0.15, -0.1) is 0 Å². The summed E-state index contributed by atoms with van der Waals surface area (Å²) in [5.74, 6) is 0.818. The Morgan fingerprint density at radius 1 is 1.65 bits per heavy atom. The highest BCUT2D eigenvalue weighted by Gasteiger charge is 2.39. The molecule has 1 saturated heterocycles. The summed E-state index contributed by atoms with van der Waals surface area (Å²) in [4.78, 5) is 13.6. The molecule has 1 rings (SSSR count). The van der Waals surface area contributed by atoms with E-state index >= 15 is 0 Å². The molecule has 100 valence electrons. The summed E-state index contributed by atoms with van der Waals surface area (Å²) in [5.41, 5.74) is -0.674. The smallest absolute Gasteiger partial charge is 0.232 e. The maximum Gasteiger partial charge on any atom is 0.232 e. The predicted octanol–water partition coefficient (Wildman–Crippen LogP) is 0.985. The zero-order chi connectivity index (χ0) is 12.9. The molecule has 0 saturated carbocycles. The van der Waals surface area contributed by atoms with Gasteiger partial charge in [0, 0.05) is 32.7 Å². The predicted molar refractivity (Wildman–Crippen MR) is 70.2 cm³/mol. The number of thioether (sulfide) groups is 1. The van der Waals surface area contributed by atoms with Gasteiger partial charge >= 0.3 is 0 Å². The fourth-order valence-electron chi connectivity index (χ4n) is 2.26. The maximum atomic E-state index is 11.8. The number of carbonyl (C=O) groups is 1. The number of amides is 1. The lowest BCUT2D eigenvalue weighted by Crippen LogP contribution is -2.53. The number of methoxy groups -OCH3 is 1. The number of aliphatic hydroxyl groups is 1. The van der Waals surface area contributed by atoms with Crippen LogP contribution in [0.1, 0.15) is 19.8 Å². The summed E-state index contributed by atoms with van der Waals surface area (Å²) in [6, 6.07) is 0. The Kier molecular flexibility index (Phi) is 5.76. The molecule has 1 fully saturated rings. The minimum absolute atomic E-state index is 0.109. The van der Waals surface area contributed by atoms with Crippen molar-refractivity contribution in [3.05, 3.63) is 0 Å². The monoisotopic (exact) mass is 261 g/mol. The van der Waals surface area contributed by atoms with Gasteiger partial charge in [0.2, 0.25) is 5.91 Å². The highest BCUT2D eigenvalue weighted by Crippen LogP contribution is 2.31. The molecule has 1 aliphatic heterocycles. The summed E-state index contributed by atoms with van der Waals surface area (Å²) < 4.78 is 5.03. The zero-order valence-corrected chi connectivity index (χ0v) is 11.8. The molecule has 1 aliphatic rings. The number of hydrogen-bond donors (Lipinski definition) is 1. The van der Waals surface area contributed by atoms with Crippen molar-refractivity contribution in [2.45, 2.75) is 25.4 Å². The number of carbonyl (C=O) groups excluding carboxylic acids is 1. The van der Waals surface area contributed by atoms with E-state index in [0.29, 0.717) is 38.3 Å². The van der Waals surface area contributed by atoms with E-state index in [1.54, 1.807) is 18.9 Å². The Labute approximate surface area is 108 Å². The lowest BCUT2D eigenvalue weighted by Gasteiger charge is -2.43. The summed E-state index contributed by atoms with van der Waals surface area (Å²) in [6.07, 6.45) is 3.23. The zero-order valence-electron chi connectivity index (χ0n) is 10.9. The average molecular weight is 261 g/mol. The van der Waals surface area contributed by atoms with Crippen LogP contribution in [0.3, 0.4) is 0 Å². The number of rotatable bonds is 5. The van der Waals surface area contributed by atoms with E-state index < -0.39 is 5.60 Å². The Balaban J connectivity index is 2.51. The third kappa shape index (κ3) is 3.86. The van der Waals surface area contributed by atoms with Crippen molar-refractivity contribution in [2.24, 2.45) is 5.92 Å². The quantitative estimate of drug-likeness (QED) is 0.801. The largest absolute Gasteiger partial charge is 0.389 e. The van der Waals surface area contributed by atoms with Gasteiger partial charge in [0.25, 0.3) is 0 Å². The summed E-state index contributed by atoms with van der Waals surface area (Å²) in [7, 11) is 1.64. The van der Waals surface area contributed by atoms with Gasteiger partial charge in [-0.1, -0.05) is 6.92 Å².